The number of fused-ring (bicyclic) bond motifs is 2. The van der Waals surface area contributed by atoms with Crippen LogP contribution in [0.1, 0.15) is 30.9 Å². The number of methoxy groups -OCH3 is 1. The number of rotatable bonds is 7. The number of amides is 2. The lowest BCUT2D eigenvalue weighted by Crippen LogP contribution is -2.52. The normalized spacial score (nSPS) is 15.7. The first-order valence-corrected chi connectivity index (χ1v) is 13.6. The second-order valence-corrected chi connectivity index (χ2v) is 10.2. The van der Waals surface area contributed by atoms with E-state index >= 15 is 0 Å². The Hall–Kier alpha value is -3.64. The molecule has 2 atom stereocenters. The van der Waals surface area contributed by atoms with Crippen LogP contribution in [0, 0.1) is 0 Å². The third-order valence-corrected chi connectivity index (χ3v) is 7.26. The molecule has 1 heterocycles. The summed E-state index contributed by atoms with van der Waals surface area (Å²) in [5.74, 6) is -2.29. The predicted molar refractivity (Wildman–Crippen MR) is 153 cm³/mol. The highest BCUT2D eigenvalue weighted by Gasteiger charge is 2.38. The average molecular weight is 638 g/mol. The van der Waals surface area contributed by atoms with Gasteiger partial charge in [0.2, 0.25) is 11.8 Å². The number of halogens is 4. The first-order valence-electron chi connectivity index (χ1n) is 12.8. The van der Waals surface area contributed by atoms with Gasteiger partial charge in [-0.3, -0.25) is 9.59 Å². The number of nitrogens with zero attached hydrogens (tertiary/aromatic N) is 1. The highest BCUT2D eigenvalue weighted by atomic mass is 79.9. The molecule has 12 heteroatoms. The van der Waals surface area contributed by atoms with Gasteiger partial charge in [-0.1, -0.05) is 53.2 Å². The van der Waals surface area contributed by atoms with Crippen LogP contribution in [0.4, 0.5) is 18.9 Å². The third kappa shape index (κ3) is 7.76. The summed E-state index contributed by atoms with van der Waals surface area (Å²) in [4.78, 5) is 37.4. The topological polar surface area (TPSA) is 108 Å². The summed E-state index contributed by atoms with van der Waals surface area (Å²) in [5.41, 5.74) is 2.90. The first kappa shape index (κ1) is 31.9. The number of hydrogen-bond donors (Lipinski definition) is 3. The third-order valence-electron chi connectivity index (χ3n) is 6.77. The summed E-state index contributed by atoms with van der Waals surface area (Å²) in [6.07, 6.45) is -3.17. The first-order chi connectivity index (χ1) is 19.4. The van der Waals surface area contributed by atoms with E-state index in [1.54, 1.807) is 19.1 Å². The van der Waals surface area contributed by atoms with Crippen molar-refractivity contribution in [2.24, 2.45) is 0 Å². The molecule has 0 bridgehead atoms. The van der Waals surface area contributed by atoms with Crippen molar-refractivity contribution in [3.63, 3.8) is 0 Å². The maximum Gasteiger partial charge on any atom is 0.490 e. The fourth-order valence-electron chi connectivity index (χ4n) is 4.66. The predicted octanol–water partition coefficient (Wildman–Crippen LogP) is 5.21. The Morgan fingerprint density at radius 2 is 1.85 bits per heavy atom. The number of alkyl halides is 3. The van der Waals surface area contributed by atoms with E-state index in [1.165, 1.54) is 0 Å². The summed E-state index contributed by atoms with van der Waals surface area (Å²) in [7, 11) is 3.41. The number of carbonyl (C=O) groups excluding carboxylic acids is 2. The standard InChI is InChI=1S/C27H30BrN3O3.C2HF3O2/c1-4-22(29-2)26(32)30-23-13-9-17-7-5-6-8-24(17)31(27(23)33)16-21-20-12-11-19(28)15-18(20)10-14-25(21)34-3;3-2(4,5)1(6)7/h5-8,10-12,14-15,22-23,29H,4,9,13,16H2,1-3H3,(H,30,32);(H,6,7)/t22-,23-;/m0./s1. The SMILES string of the molecule is CC[C@H](NC)C(=O)N[C@H]1CCc2ccccc2N(Cc2c(OC)ccc3cc(Br)ccc23)C1=O.O=C(O)C(F)(F)F. The molecule has 0 aromatic heterocycles. The van der Waals surface area contributed by atoms with Gasteiger partial charge in [0.15, 0.2) is 0 Å². The Morgan fingerprint density at radius 1 is 1.17 bits per heavy atom. The van der Waals surface area contributed by atoms with Gasteiger partial charge in [0.05, 0.1) is 19.7 Å². The number of anilines is 1. The molecule has 0 aliphatic carbocycles. The molecular weight excluding hydrogens is 607 g/mol. The van der Waals surface area contributed by atoms with Crippen LogP contribution in [-0.2, 0) is 27.3 Å². The van der Waals surface area contributed by atoms with Crippen molar-refractivity contribution in [1.29, 1.82) is 0 Å². The number of hydrogen-bond acceptors (Lipinski definition) is 5. The van der Waals surface area contributed by atoms with E-state index in [2.05, 4.69) is 38.7 Å². The molecule has 0 unspecified atom stereocenters. The molecule has 2 amide bonds. The number of benzene rings is 3. The van der Waals surface area contributed by atoms with E-state index in [0.29, 0.717) is 25.8 Å². The van der Waals surface area contributed by atoms with Gasteiger partial charge in [-0.05, 0) is 66.9 Å². The van der Waals surface area contributed by atoms with Crippen LogP contribution in [0.2, 0.25) is 0 Å². The molecule has 1 aliphatic rings. The average Bonchev–Trinajstić information content (AvgIpc) is 3.06. The lowest BCUT2D eigenvalue weighted by atomic mass is 10.0. The van der Waals surface area contributed by atoms with Crippen LogP contribution in [-0.4, -0.2) is 55.3 Å². The van der Waals surface area contributed by atoms with Gasteiger partial charge < -0.3 is 25.4 Å². The van der Waals surface area contributed by atoms with Crippen molar-refractivity contribution < 1.29 is 37.4 Å². The van der Waals surface area contributed by atoms with Gasteiger partial charge in [0.25, 0.3) is 0 Å². The highest BCUT2D eigenvalue weighted by molar-refractivity contribution is 9.10. The number of aliphatic carboxylic acids is 1. The van der Waals surface area contributed by atoms with E-state index in [1.807, 2.05) is 49.4 Å². The molecule has 220 valence electrons. The fourth-order valence-corrected chi connectivity index (χ4v) is 5.04. The van der Waals surface area contributed by atoms with Crippen LogP contribution in [0.15, 0.2) is 59.1 Å². The molecule has 3 aromatic rings. The van der Waals surface area contributed by atoms with Crippen molar-refractivity contribution in [2.45, 2.75) is 51.0 Å². The number of carboxylic acids is 1. The fraction of sp³-hybridized carbons (Fsp3) is 0.345. The number of nitrogens with one attached hydrogen (secondary N) is 2. The van der Waals surface area contributed by atoms with E-state index in [0.717, 1.165) is 37.8 Å². The molecule has 3 N–H and O–H groups in total. The molecule has 0 saturated carbocycles. The Balaban J connectivity index is 0.000000587. The second-order valence-electron chi connectivity index (χ2n) is 9.32. The van der Waals surface area contributed by atoms with E-state index in [-0.39, 0.29) is 17.9 Å². The molecular formula is C29H31BrF3N3O5. The number of ether oxygens (including phenoxy) is 1. The molecule has 8 nitrogen and oxygen atoms in total. The summed E-state index contributed by atoms with van der Waals surface area (Å²) < 4.78 is 38.4. The minimum absolute atomic E-state index is 0.111. The summed E-state index contributed by atoms with van der Waals surface area (Å²) in [6, 6.07) is 17.1. The largest absolute Gasteiger partial charge is 0.496 e. The Kier molecular flexibility index (Phi) is 10.7. The van der Waals surface area contributed by atoms with Gasteiger partial charge in [0.1, 0.15) is 11.8 Å². The Bertz CT molecular complexity index is 1410. The second kappa shape index (κ2) is 13.8. The molecule has 0 spiro atoms. The van der Waals surface area contributed by atoms with Gasteiger partial charge in [0, 0.05) is 15.7 Å². The smallest absolute Gasteiger partial charge is 0.490 e. The summed E-state index contributed by atoms with van der Waals surface area (Å²) >= 11 is 3.55. The maximum atomic E-state index is 13.9. The van der Waals surface area contributed by atoms with E-state index < -0.39 is 18.2 Å². The minimum Gasteiger partial charge on any atom is -0.496 e. The van der Waals surface area contributed by atoms with Crippen molar-refractivity contribution in [1.82, 2.24) is 10.6 Å². The molecule has 4 rings (SSSR count). The van der Waals surface area contributed by atoms with Crippen molar-refractivity contribution >= 4 is 50.2 Å². The zero-order valence-electron chi connectivity index (χ0n) is 22.7. The molecule has 1 aliphatic heterocycles. The number of para-hydroxylation sites is 1. The van der Waals surface area contributed by atoms with Crippen molar-refractivity contribution in [3.8, 4) is 5.75 Å². The van der Waals surface area contributed by atoms with Crippen LogP contribution in [0.5, 0.6) is 5.75 Å². The maximum absolute atomic E-state index is 13.9. The minimum atomic E-state index is -5.08. The molecule has 41 heavy (non-hydrogen) atoms. The summed E-state index contributed by atoms with van der Waals surface area (Å²) in [5, 5.41) is 15.2. The lowest BCUT2D eigenvalue weighted by molar-refractivity contribution is -0.192. The van der Waals surface area contributed by atoms with Gasteiger partial charge in [-0.2, -0.15) is 13.2 Å². The zero-order valence-corrected chi connectivity index (χ0v) is 24.3. The van der Waals surface area contributed by atoms with Crippen LogP contribution in [0.3, 0.4) is 0 Å². The van der Waals surface area contributed by atoms with E-state index in [4.69, 9.17) is 14.6 Å². The van der Waals surface area contributed by atoms with Crippen LogP contribution >= 0.6 is 15.9 Å². The van der Waals surface area contributed by atoms with Crippen molar-refractivity contribution in [3.05, 3.63) is 70.2 Å². The van der Waals surface area contributed by atoms with Crippen molar-refractivity contribution in [2.75, 3.05) is 19.1 Å². The van der Waals surface area contributed by atoms with Gasteiger partial charge in [-0.15, -0.1) is 0 Å². The quantitative estimate of drug-likeness (QED) is 0.328. The van der Waals surface area contributed by atoms with Crippen LogP contribution < -0.4 is 20.3 Å². The number of likely N-dealkylation sites (N-methyl/N-ethyl adjacent to an activating group) is 1. The monoisotopic (exact) mass is 637 g/mol. The van der Waals surface area contributed by atoms with Crippen LogP contribution in [0.25, 0.3) is 10.8 Å². The molecule has 0 radical (unpaired) electrons. The summed E-state index contributed by atoms with van der Waals surface area (Å²) in [6.45, 7) is 2.29. The van der Waals surface area contributed by atoms with Gasteiger partial charge >= 0.3 is 12.1 Å². The number of carboxylic acid groups (broad SMARTS) is 1. The Labute approximate surface area is 244 Å². The molecule has 0 fully saturated rings. The highest BCUT2D eigenvalue weighted by Crippen LogP contribution is 2.35. The Morgan fingerprint density at radius 3 is 2.46 bits per heavy atom. The lowest BCUT2D eigenvalue weighted by Gasteiger charge is -2.28. The molecule has 0 saturated heterocycles. The number of aryl methyl sites for hydroxylation is 1. The number of carbonyl (C=O) groups is 3. The van der Waals surface area contributed by atoms with E-state index in [9.17, 15) is 22.8 Å². The van der Waals surface area contributed by atoms with Gasteiger partial charge in [-0.25, -0.2) is 4.79 Å². The molecule has 3 aromatic carbocycles. The zero-order chi connectivity index (χ0) is 30.3.